The van der Waals surface area contributed by atoms with Crippen molar-refractivity contribution in [2.24, 2.45) is 0 Å². The zero-order valence-electron chi connectivity index (χ0n) is 9.47. The van der Waals surface area contributed by atoms with Crippen LogP contribution in [0.2, 0.25) is 0 Å². The van der Waals surface area contributed by atoms with Crippen molar-refractivity contribution in [3.63, 3.8) is 0 Å². The lowest BCUT2D eigenvalue weighted by molar-refractivity contribution is 0.0701. The molecule has 18 heavy (non-hydrogen) atoms. The summed E-state index contributed by atoms with van der Waals surface area (Å²) in [4.78, 5) is 26.7. The van der Waals surface area contributed by atoms with Gasteiger partial charge in [-0.05, 0) is 19.1 Å². The highest BCUT2D eigenvalue weighted by Gasteiger charge is 2.15. The van der Waals surface area contributed by atoms with E-state index in [0.717, 1.165) is 11.3 Å². The van der Waals surface area contributed by atoms with E-state index in [2.05, 4.69) is 10.3 Å². The Balaban J connectivity index is 2.01. The van der Waals surface area contributed by atoms with Gasteiger partial charge in [0, 0.05) is 0 Å². The summed E-state index contributed by atoms with van der Waals surface area (Å²) in [5.74, 6) is -1.15. The number of furan rings is 1. The Morgan fingerprint density at radius 1 is 1.56 bits per heavy atom. The predicted octanol–water partition coefficient (Wildman–Crippen LogP) is 1.67. The van der Waals surface area contributed by atoms with Crippen LogP contribution < -0.4 is 5.32 Å². The van der Waals surface area contributed by atoms with Crippen LogP contribution in [-0.4, -0.2) is 22.0 Å². The van der Waals surface area contributed by atoms with E-state index in [9.17, 15) is 9.59 Å². The van der Waals surface area contributed by atoms with E-state index in [0.29, 0.717) is 10.7 Å². The summed E-state index contributed by atoms with van der Waals surface area (Å²) in [6, 6.07) is 3.16. The molecule has 0 aromatic carbocycles. The van der Waals surface area contributed by atoms with E-state index in [1.807, 2.05) is 0 Å². The standard InChI is InChI=1S/C11H10N2O4S/c1-6-9(11(15)16)18-8(13-6)5-12-10(14)7-3-2-4-17-7/h2-4H,5H2,1H3,(H,12,14)(H,15,16). The fraction of sp³-hybridized carbons (Fsp3) is 0.182. The Morgan fingerprint density at radius 2 is 2.33 bits per heavy atom. The summed E-state index contributed by atoms with van der Waals surface area (Å²) in [7, 11) is 0. The quantitative estimate of drug-likeness (QED) is 0.878. The van der Waals surface area contributed by atoms with Crippen molar-refractivity contribution in [2.75, 3.05) is 0 Å². The van der Waals surface area contributed by atoms with Crippen molar-refractivity contribution in [2.45, 2.75) is 13.5 Å². The van der Waals surface area contributed by atoms with E-state index in [1.165, 1.54) is 6.26 Å². The first kappa shape index (κ1) is 12.3. The zero-order chi connectivity index (χ0) is 13.1. The maximum Gasteiger partial charge on any atom is 0.347 e. The fourth-order valence-corrected chi connectivity index (χ4v) is 2.22. The molecule has 0 aliphatic heterocycles. The van der Waals surface area contributed by atoms with Gasteiger partial charge in [-0.2, -0.15) is 0 Å². The summed E-state index contributed by atoms with van der Waals surface area (Å²) < 4.78 is 4.93. The van der Waals surface area contributed by atoms with Gasteiger partial charge in [0.2, 0.25) is 0 Å². The van der Waals surface area contributed by atoms with Crippen LogP contribution in [0.1, 0.15) is 30.9 Å². The van der Waals surface area contributed by atoms with Crippen molar-refractivity contribution < 1.29 is 19.1 Å². The average Bonchev–Trinajstić information content (AvgIpc) is 2.94. The number of amides is 1. The number of hydrogen-bond acceptors (Lipinski definition) is 5. The number of carboxylic acids is 1. The van der Waals surface area contributed by atoms with Crippen LogP contribution in [0.3, 0.4) is 0 Å². The zero-order valence-corrected chi connectivity index (χ0v) is 10.3. The van der Waals surface area contributed by atoms with E-state index < -0.39 is 5.97 Å². The molecule has 0 atom stereocenters. The number of nitrogens with one attached hydrogen (secondary N) is 1. The number of aromatic carboxylic acids is 1. The van der Waals surface area contributed by atoms with Crippen LogP contribution in [0, 0.1) is 6.92 Å². The molecule has 2 aromatic heterocycles. The number of carboxylic acid groups (broad SMARTS) is 1. The van der Waals surface area contributed by atoms with Gasteiger partial charge in [0.25, 0.3) is 5.91 Å². The number of rotatable bonds is 4. The molecule has 0 saturated heterocycles. The number of carbonyl (C=O) groups excluding carboxylic acids is 1. The largest absolute Gasteiger partial charge is 0.477 e. The van der Waals surface area contributed by atoms with Crippen LogP contribution in [0.5, 0.6) is 0 Å². The molecule has 1 amide bonds. The third kappa shape index (κ3) is 2.57. The third-order valence-electron chi connectivity index (χ3n) is 2.18. The lowest BCUT2D eigenvalue weighted by Crippen LogP contribution is -2.22. The van der Waals surface area contributed by atoms with Gasteiger partial charge in [0.15, 0.2) is 5.76 Å². The monoisotopic (exact) mass is 266 g/mol. The molecular formula is C11H10N2O4S. The lowest BCUT2D eigenvalue weighted by Gasteiger charge is -1.99. The lowest BCUT2D eigenvalue weighted by atomic mass is 10.4. The number of hydrogen-bond donors (Lipinski definition) is 2. The number of thiazole rings is 1. The molecule has 0 radical (unpaired) electrons. The maximum absolute atomic E-state index is 11.6. The van der Waals surface area contributed by atoms with Crippen LogP contribution in [0.25, 0.3) is 0 Å². The molecule has 0 aliphatic carbocycles. The second kappa shape index (κ2) is 5.01. The highest BCUT2D eigenvalue weighted by Crippen LogP contribution is 2.17. The molecule has 6 nitrogen and oxygen atoms in total. The van der Waals surface area contributed by atoms with E-state index >= 15 is 0 Å². The number of carbonyl (C=O) groups is 2. The van der Waals surface area contributed by atoms with Crippen LogP contribution >= 0.6 is 11.3 Å². The van der Waals surface area contributed by atoms with Gasteiger partial charge in [-0.1, -0.05) is 0 Å². The Morgan fingerprint density at radius 3 is 2.89 bits per heavy atom. The van der Waals surface area contributed by atoms with Crippen molar-refractivity contribution >= 4 is 23.2 Å². The van der Waals surface area contributed by atoms with Gasteiger partial charge in [-0.25, -0.2) is 9.78 Å². The summed E-state index contributed by atoms with van der Waals surface area (Å²) >= 11 is 1.05. The highest BCUT2D eigenvalue weighted by atomic mass is 32.1. The molecule has 0 spiro atoms. The number of nitrogens with zero attached hydrogens (tertiary/aromatic N) is 1. The number of aryl methyl sites for hydroxylation is 1. The molecule has 2 heterocycles. The molecule has 2 aromatic rings. The Hall–Kier alpha value is -2.15. The predicted molar refractivity (Wildman–Crippen MR) is 63.7 cm³/mol. The first-order valence-electron chi connectivity index (χ1n) is 5.09. The van der Waals surface area contributed by atoms with Gasteiger partial charge in [0.05, 0.1) is 18.5 Å². The van der Waals surface area contributed by atoms with Crippen LogP contribution in [-0.2, 0) is 6.54 Å². The normalized spacial score (nSPS) is 10.3. The van der Waals surface area contributed by atoms with Crippen molar-refractivity contribution in [3.05, 3.63) is 39.7 Å². The van der Waals surface area contributed by atoms with Crippen LogP contribution in [0.4, 0.5) is 0 Å². The van der Waals surface area contributed by atoms with Crippen molar-refractivity contribution in [1.29, 1.82) is 0 Å². The first-order chi connectivity index (χ1) is 8.58. The molecule has 0 fully saturated rings. The van der Waals surface area contributed by atoms with Crippen molar-refractivity contribution in [3.8, 4) is 0 Å². The molecule has 0 bridgehead atoms. The van der Waals surface area contributed by atoms with E-state index in [-0.39, 0.29) is 23.1 Å². The number of aromatic nitrogens is 1. The molecule has 2 rings (SSSR count). The topological polar surface area (TPSA) is 92.4 Å². The molecule has 0 unspecified atom stereocenters. The smallest absolute Gasteiger partial charge is 0.347 e. The maximum atomic E-state index is 11.6. The third-order valence-corrected chi connectivity index (χ3v) is 3.33. The molecular weight excluding hydrogens is 256 g/mol. The Labute approximate surface area is 106 Å². The van der Waals surface area contributed by atoms with Crippen molar-refractivity contribution in [1.82, 2.24) is 10.3 Å². The minimum Gasteiger partial charge on any atom is -0.477 e. The average molecular weight is 266 g/mol. The highest BCUT2D eigenvalue weighted by molar-refractivity contribution is 7.13. The molecule has 0 saturated carbocycles. The summed E-state index contributed by atoms with van der Waals surface area (Å²) in [6.07, 6.45) is 1.41. The molecule has 94 valence electrons. The van der Waals surface area contributed by atoms with Crippen LogP contribution in [0.15, 0.2) is 22.8 Å². The van der Waals surface area contributed by atoms with Gasteiger partial charge in [-0.3, -0.25) is 4.79 Å². The molecule has 0 aliphatic rings. The van der Waals surface area contributed by atoms with Gasteiger partial charge < -0.3 is 14.8 Å². The summed E-state index contributed by atoms with van der Waals surface area (Å²) in [5, 5.41) is 12.0. The fourth-order valence-electron chi connectivity index (χ4n) is 1.38. The first-order valence-corrected chi connectivity index (χ1v) is 5.91. The minimum atomic E-state index is -1.01. The molecule has 7 heteroatoms. The summed E-state index contributed by atoms with van der Waals surface area (Å²) in [6.45, 7) is 1.80. The second-order valence-corrected chi connectivity index (χ2v) is 4.57. The molecule has 2 N–H and O–H groups in total. The van der Waals surface area contributed by atoms with Gasteiger partial charge in [-0.15, -0.1) is 11.3 Å². The Kier molecular flexibility index (Phi) is 3.42. The second-order valence-electron chi connectivity index (χ2n) is 3.49. The van der Waals surface area contributed by atoms with E-state index in [4.69, 9.17) is 9.52 Å². The summed E-state index contributed by atoms with van der Waals surface area (Å²) in [5.41, 5.74) is 0.453. The van der Waals surface area contributed by atoms with Gasteiger partial charge in [0.1, 0.15) is 9.88 Å². The SMILES string of the molecule is Cc1nc(CNC(=O)c2ccco2)sc1C(=O)O. The van der Waals surface area contributed by atoms with Gasteiger partial charge >= 0.3 is 5.97 Å². The Bertz CT molecular complexity index is 574. The minimum absolute atomic E-state index is 0.179. The van der Waals surface area contributed by atoms with E-state index in [1.54, 1.807) is 19.1 Å².